The molecular formula is C26H30Cl2N4O2. The summed E-state index contributed by atoms with van der Waals surface area (Å²) in [5.41, 5.74) is 2.16. The Morgan fingerprint density at radius 1 is 1.12 bits per heavy atom. The minimum absolute atomic E-state index is 0.0904. The number of amides is 1. The second-order valence-corrected chi connectivity index (χ2v) is 9.96. The van der Waals surface area contributed by atoms with Crippen LogP contribution in [0.25, 0.3) is 10.9 Å². The highest BCUT2D eigenvalue weighted by molar-refractivity contribution is 6.37. The summed E-state index contributed by atoms with van der Waals surface area (Å²) in [6.45, 7) is 7.37. The van der Waals surface area contributed by atoms with Crippen molar-refractivity contribution >= 4 is 51.5 Å². The Labute approximate surface area is 210 Å². The van der Waals surface area contributed by atoms with Crippen molar-refractivity contribution in [1.29, 1.82) is 0 Å². The third-order valence-corrected chi connectivity index (χ3v) is 7.12. The van der Waals surface area contributed by atoms with Crippen molar-refractivity contribution in [2.75, 3.05) is 31.5 Å². The van der Waals surface area contributed by atoms with Crippen LogP contribution in [0, 0.1) is 5.92 Å². The number of nitrogens with one attached hydrogen (secondary N) is 3. The number of carbonyl (C=O) groups excluding carboxylic acids is 2. The molecule has 0 atom stereocenters. The van der Waals surface area contributed by atoms with Gasteiger partial charge < -0.3 is 20.5 Å². The topological polar surface area (TPSA) is 77.2 Å². The number of carbonyl (C=O) groups is 2. The normalized spacial score (nSPS) is 15.1. The zero-order valence-corrected chi connectivity index (χ0v) is 21.0. The van der Waals surface area contributed by atoms with Crippen LogP contribution in [0.1, 0.15) is 42.7 Å². The van der Waals surface area contributed by atoms with Gasteiger partial charge in [-0.05, 0) is 82.1 Å². The number of hydrogen-bond acceptors (Lipinski definition) is 4. The highest BCUT2D eigenvalue weighted by atomic mass is 35.5. The Bertz CT molecular complexity index is 1180. The Hall–Kier alpha value is -2.54. The molecule has 2 heterocycles. The second-order valence-electron chi connectivity index (χ2n) is 9.14. The quantitative estimate of drug-likeness (QED) is 0.364. The Kier molecular flexibility index (Phi) is 7.81. The molecule has 0 aliphatic carbocycles. The van der Waals surface area contributed by atoms with Gasteiger partial charge in [0.15, 0.2) is 0 Å². The lowest BCUT2D eigenvalue weighted by Crippen LogP contribution is -2.42. The van der Waals surface area contributed by atoms with Crippen LogP contribution in [0.4, 0.5) is 5.69 Å². The third kappa shape index (κ3) is 5.74. The van der Waals surface area contributed by atoms with Crippen molar-refractivity contribution in [3.05, 3.63) is 63.8 Å². The first-order valence-electron chi connectivity index (χ1n) is 11.7. The summed E-state index contributed by atoms with van der Waals surface area (Å²) in [5, 5.41) is 7.84. The van der Waals surface area contributed by atoms with Crippen LogP contribution in [0.15, 0.2) is 42.5 Å². The monoisotopic (exact) mass is 500 g/mol. The maximum Gasteiger partial charge on any atom is 0.239 e. The lowest BCUT2D eigenvalue weighted by atomic mass is 9.96. The van der Waals surface area contributed by atoms with E-state index in [4.69, 9.17) is 23.2 Å². The lowest BCUT2D eigenvalue weighted by Gasteiger charge is -2.34. The van der Waals surface area contributed by atoms with E-state index in [9.17, 15) is 9.59 Å². The fourth-order valence-corrected chi connectivity index (χ4v) is 4.84. The van der Waals surface area contributed by atoms with Crippen LogP contribution in [0.3, 0.4) is 0 Å². The molecule has 8 heteroatoms. The predicted molar refractivity (Wildman–Crippen MR) is 139 cm³/mol. The average molecular weight is 501 g/mol. The number of aromatic nitrogens is 1. The second kappa shape index (κ2) is 10.8. The molecule has 2 aromatic carbocycles. The first-order chi connectivity index (χ1) is 16.3. The molecule has 1 aromatic heterocycles. The van der Waals surface area contributed by atoms with E-state index in [2.05, 4.69) is 34.4 Å². The van der Waals surface area contributed by atoms with E-state index < -0.39 is 0 Å². The van der Waals surface area contributed by atoms with Crippen LogP contribution in [0.5, 0.6) is 0 Å². The van der Waals surface area contributed by atoms with Gasteiger partial charge in [-0.25, -0.2) is 0 Å². The number of H-pyrrole nitrogens is 1. The van der Waals surface area contributed by atoms with Crippen LogP contribution in [-0.2, 0) is 4.79 Å². The Balaban J connectivity index is 1.33. The van der Waals surface area contributed by atoms with Gasteiger partial charge in [-0.3, -0.25) is 9.59 Å². The number of halogens is 2. The number of piperidine rings is 1. The van der Waals surface area contributed by atoms with Gasteiger partial charge >= 0.3 is 0 Å². The molecule has 1 fully saturated rings. The van der Waals surface area contributed by atoms with E-state index >= 15 is 0 Å². The Morgan fingerprint density at radius 3 is 2.62 bits per heavy atom. The summed E-state index contributed by atoms with van der Waals surface area (Å²) in [7, 11) is 0. The lowest BCUT2D eigenvalue weighted by molar-refractivity contribution is -0.119. The van der Waals surface area contributed by atoms with Gasteiger partial charge in [0.25, 0.3) is 0 Å². The van der Waals surface area contributed by atoms with E-state index in [1.54, 1.807) is 36.4 Å². The van der Waals surface area contributed by atoms with Crippen molar-refractivity contribution in [3.63, 3.8) is 0 Å². The van der Waals surface area contributed by atoms with E-state index in [1.807, 2.05) is 6.07 Å². The third-order valence-electron chi connectivity index (χ3n) is 6.48. The summed E-state index contributed by atoms with van der Waals surface area (Å²) in [5.74, 6) is 0.194. The largest absolute Gasteiger partial charge is 0.375 e. The molecule has 3 N–H and O–H groups in total. The van der Waals surface area contributed by atoms with Crippen LogP contribution in [0.2, 0.25) is 10.0 Å². The van der Waals surface area contributed by atoms with Gasteiger partial charge in [0.1, 0.15) is 0 Å². The van der Waals surface area contributed by atoms with Crippen molar-refractivity contribution < 1.29 is 9.59 Å². The van der Waals surface area contributed by atoms with E-state index in [1.165, 1.54) is 0 Å². The molecule has 4 rings (SSSR count). The SMILES string of the molecule is CC(C)N1CCC(CNC(=O)CNc2cccc(C(=O)c3cc4cc(Cl)ccc4[nH]3)c2Cl)CC1. The molecule has 3 aromatic rings. The zero-order valence-electron chi connectivity index (χ0n) is 19.5. The van der Waals surface area contributed by atoms with E-state index in [0.29, 0.717) is 40.5 Å². The molecule has 180 valence electrons. The van der Waals surface area contributed by atoms with Gasteiger partial charge in [-0.1, -0.05) is 29.3 Å². The zero-order chi connectivity index (χ0) is 24.2. The van der Waals surface area contributed by atoms with Crippen LogP contribution >= 0.6 is 23.2 Å². The number of nitrogens with zero attached hydrogens (tertiary/aromatic N) is 1. The fraction of sp³-hybridized carbons (Fsp3) is 0.385. The molecular weight excluding hydrogens is 471 g/mol. The number of rotatable bonds is 8. The predicted octanol–water partition coefficient (Wildman–Crippen LogP) is 5.35. The highest BCUT2D eigenvalue weighted by Crippen LogP contribution is 2.29. The van der Waals surface area contributed by atoms with E-state index in [-0.39, 0.29) is 23.3 Å². The standard InChI is InChI=1S/C26H30Cl2N4O2/c1-16(2)32-10-8-17(9-11-32)14-30-24(33)15-29-22-5-3-4-20(25(22)28)26(34)23-13-18-12-19(27)6-7-21(18)31-23/h3-7,12-13,16-17,29,31H,8-11,14-15H2,1-2H3,(H,30,33). The number of likely N-dealkylation sites (tertiary alicyclic amines) is 1. The number of ketones is 1. The molecule has 0 radical (unpaired) electrons. The van der Waals surface area contributed by atoms with Crippen molar-refractivity contribution in [2.45, 2.75) is 32.7 Å². The molecule has 34 heavy (non-hydrogen) atoms. The molecule has 0 bridgehead atoms. The van der Waals surface area contributed by atoms with E-state index in [0.717, 1.165) is 36.8 Å². The molecule has 1 aliphatic heterocycles. The summed E-state index contributed by atoms with van der Waals surface area (Å²) in [6, 6.07) is 12.9. The maximum absolute atomic E-state index is 13.1. The van der Waals surface area contributed by atoms with Crippen LogP contribution < -0.4 is 10.6 Å². The van der Waals surface area contributed by atoms with Gasteiger partial charge in [0.05, 0.1) is 22.9 Å². The first kappa shape index (κ1) is 24.6. The minimum Gasteiger partial charge on any atom is -0.375 e. The number of anilines is 1. The van der Waals surface area contributed by atoms with Crippen molar-refractivity contribution in [1.82, 2.24) is 15.2 Å². The molecule has 1 aliphatic rings. The summed E-state index contributed by atoms with van der Waals surface area (Å²) in [4.78, 5) is 31.1. The summed E-state index contributed by atoms with van der Waals surface area (Å²) in [6.07, 6.45) is 2.20. The number of hydrogen-bond donors (Lipinski definition) is 3. The number of benzene rings is 2. The Morgan fingerprint density at radius 2 is 1.88 bits per heavy atom. The van der Waals surface area contributed by atoms with Gasteiger partial charge in [0.2, 0.25) is 11.7 Å². The molecule has 1 saturated heterocycles. The van der Waals surface area contributed by atoms with Crippen molar-refractivity contribution in [3.8, 4) is 0 Å². The smallest absolute Gasteiger partial charge is 0.239 e. The number of aromatic amines is 1. The average Bonchev–Trinajstić information content (AvgIpc) is 3.25. The first-order valence-corrected chi connectivity index (χ1v) is 12.4. The highest BCUT2D eigenvalue weighted by Gasteiger charge is 2.21. The molecule has 1 amide bonds. The summed E-state index contributed by atoms with van der Waals surface area (Å²) < 4.78 is 0. The van der Waals surface area contributed by atoms with Gasteiger partial charge in [0, 0.05) is 34.1 Å². The van der Waals surface area contributed by atoms with Crippen molar-refractivity contribution in [2.24, 2.45) is 5.92 Å². The minimum atomic E-state index is -0.224. The molecule has 0 spiro atoms. The molecule has 6 nitrogen and oxygen atoms in total. The fourth-order valence-electron chi connectivity index (χ4n) is 4.38. The molecule has 0 saturated carbocycles. The maximum atomic E-state index is 13.1. The van der Waals surface area contributed by atoms with Gasteiger partial charge in [-0.2, -0.15) is 0 Å². The molecule has 0 unspecified atom stereocenters. The number of fused-ring (bicyclic) bond motifs is 1. The van der Waals surface area contributed by atoms with Gasteiger partial charge in [-0.15, -0.1) is 0 Å². The summed E-state index contributed by atoms with van der Waals surface area (Å²) >= 11 is 12.6. The van der Waals surface area contributed by atoms with Crippen LogP contribution in [-0.4, -0.2) is 53.8 Å².